The molecular formula is C26H25F5N6OS. The number of aromatic hydroxyl groups is 1. The summed E-state index contributed by atoms with van der Waals surface area (Å²) in [6.45, 7) is 1.66. The summed E-state index contributed by atoms with van der Waals surface area (Å²) in [4.78, 5) is 11.0. The van der Waals surface area contributed by atoms with Crippen LogP contribution in [0.2, 0.25) is 0 Å². The van der Waals surface area contributed by atoms with Gasteiger partial charge in [-0.2, -0.15) is 23.3 Å². The summed E-state index contributed by atoms with van der Waals surface area (Å²) in [5.41, 5.74) is -1.25. The maximum Gasteiger partial charge on any atom is 0.419 e. The number of benzene rings is 2. The van der Waals surface area contributed by atoms with E-state index in [9.17, 15) is 27.1 Å². The molecule has 206 valence electrons. The average molecular weight is 565 g/mol. The Morgan fingerprint density at radius 2 is 1.82 bits per heavy atom. The van der Waals surface area contributed by atoms with Crippen molar-refractivity contribution in [3.05, 3.63) is 65.4 Å². The minimum Gasteiger partial charge on any atom is -0.503 e. The van der Waals surface area contributed by atoms with Crippen molar-refractivity contribution in [2.45, 2.75) is 24.6 Å². The van der Waals surface area contributed by atoms with Gasteiger partial charge in [0.15, 0.2) is 23.0 Å². The second kappa shape index (κ2) is 10.3. The molecule has 0 amide bonds. The molecule has 1 fully saturated rings. The van der Waals surface area contributed by atoms with Crippen molar-refractivity contribution >= 4 is 28.9 Å². The van der Waals surface area contributed by atoms with E-state index in [0.717, 1.165) is 19.5 Å². The summed E-state index contributed by atoms with van der Waals surface area (Å²) in [6, 6.07) is 10.6. The molecule has 2 aromatic heterocycles. The standard InChI is InChI=1S/C26H25F5N6OS/c1-35(16-9-15(12-37(13-16)39-3)14-7-5-4-6-8-14)25-32-11-18-22(34-36(2)24(18)33-25)17-10-19(26(29,30)31)21(28)23(38)20(17)27/h4-8,10-11,15-16,38H,9,12-13H2,1-3H3. The predicted molar refractivity (Wildman–Crippen MR) is 139 cm³/mol. The van der Waals surface area contributed by atoms with Gasteiger partial charge in [-0.3, -0.25) is 0 Å². The van der Waals surface area contributed by atoms with Crippen molar-refractivity contribution in [1.29, 1.82) is 0 Å². The second-order valence-electron chi connectivity index (χ2n) is 9.46. The Hall–Kier alpha value is -3.45. The van der Waals surface area contributed by atoms with E-state index in [2.05, 4.69) is 31.5 Å². The number of rotatable bonds is 5. The molecule has 7 nitrogen and oxygen atoms in total. The van der Waals surface area contributed by atoms with Gasteiger partial charge in [0.2, 0.25) is 5.95 Å². The van der Waals surface area contributed by atoms with Crippen LogP contribution in [0.3, 0.4) is 0 Å². The SMILES string of the molecule is CSN1CC(c2ccccc2)CC(N(C)c2ncc3c(-c4cc(C(F)(F)F)c(F)c(O)c4F)nn(C)c3n2)C1. The highest BCUT2D eigenvalue weighted by Gasteiger charge is 2.38. The number of halogens is 5. The summed E-state index contributed by atoms with van der Waals surface area (Å²) in [5, 5.41) is 14.1. The van der Waals surface area contributed by atoms with Crippen molar-refractivity contribution in [1.82, 2.24) is 24.1 Å². The number of phenols is 1. The lowest BCUT2D eigenvalue weighted by Crippen LogP contribution is -2.47. The smallest absolute Gasteiger partial charge is 0.419 e. The summed E-state index contributed by atoms with van der Waals surface area (Å²) in [5.74, 6) is -4.68. The topological polar surface area (TPSA) is 70.3 Å². The Labute approximate surface area is 225 Å². The van der Waals surface area contributed by atoms with Gasteiger partial charge in [-0.15, -0.1) is 0 Å². The number of hydrogen-bond donors (Lipinski definition) is 1. The number of phenolic OH excluding ortho intramolecular Hbond substituents is 1. The van der Waals surface area contributed by atoms with Gasteiger partial charge < -0.3 is 10.0 Å². The Bertz CT molecular complexity index is 1510. The van der Waals surface area contributed by atoms with Crippen LogP contribution in [-0.2, 0) is 13.2 Å². The molecule has 4 aromatic rings. The maximum absolute atomic E-state index is 14.8. The lowest BCUT2D eigenvalue weighted by molar-refractivity contribution is -0.140. The first-order chi connectivity index (χ1) is 18.5. The quantitative estimate of drug-likeness (QED) is 0.250. The maximum atomic E-state index is 14.8. The van der Waals surface area contributed by atoms with Gasteiger partial charge in [-0.1, -0.05) is 42.3 Å². The van der Waals surface area contributed by atoms with Gasteiger partial charge in [0.1, 0.15) is 5.69 Å². The van der Waals surface area contributed by atoms with Crippen LogP contribution in [0.1, 0.15) is 23.5 Å². The van der Waals surface area contributed by atoms with Crippen molar-refractivity contribution in [3.63, 3.8) is 0 Å². The summed E-state index contributed by atoms with van der Waals surface area (Å²) in [6.07, 6.45) is -0.909. The number of nitrogens with zero attached hydrogens (tertiary/aromatic N) is 6. The zero-order valence-corrected chi connectivity index (χ0v) is 22.1. The van der Waals surface area contributed by atoms with Crippen LogP contribution in [0.25, 0.3) is 22.3 Å². The largest absolute Gasteiger partial charge is 0.503 e. The molecule has 0 bridgehead atoms. The molecule has 2 aromatic carbocycles. The zero-order valence-electron chi connectivity index (χ0n) is 21.2. The normalized spacial score (nSPS) is 18.6. The van der Waals surface area contributed by atoms with E-state index < -0.39 is 34.7 Å². The first kappa shape index (κ1) is 27.1. The first-order valence-electron chi connectivity index (χ1n) is 12.0. The fourth-order valence-electron chi connectivity index (χ4n) is 4.99. The molecule has 1 aliphatic heterocycles. The van der Waals surface area contributed by atoms with Crippen LogP contribution in [0.5, 0.6) is 5.75 Å². The third kappa shape index (κ3) is 5.00. The third-order valence-electron chi connectivity index (χ3n) is 7.09. The molecule has 1 N–H and O–H groups in total. The lowest BCUT2D eigenvalue weighted by Gasteiger charge is -2.40. The molecule has 0 spiro atoms. The van der Waals surface area contributed by atoms with E-state index in [0.29, 0.717) is 17.9 Å². The van der Waals surface area contributed by atoms with Crippen LogP contribution in [0.4, 0.5) is 27.9 Å². The van der Waals surface area contributed by atoms with E-state index in [-0.39, 0.29) is 22.8 Å². The molecule has 0 radical (unpaired) electrons. The lowest BCUT2D eigenvalue weighted by atomic mass is 9.88. The van der Waals surface area contributed by atoms with Crippen LogP contribution >= 0.6 is 11.9 Å². The first-order valence-corrected chi connectivity index (χ1v) is 13.2. The monoisotopic (exact) mass is 564 g/mol. The molecule has 1 saturated heterocycles. The molecule has 0 saturated carbocycles. The van der Waals surface area contributed by atoms with Crippen LogP contribution in [0, 0.1) is 11.6 Å². The fraction of sp³-hybridized carbons (Fsp3) is 0.346. The molecule has 1 aliphatic rings. The van der Waals surface area contributed by atoms with E-state index >= 15 is 0 Å². The number of alkyl halides is 3. The van der Waals surface area contributed by atoms with E-state index in [1.54, 1.807) is 11.9 Å². The summed E-state index contributed by atoms with van der Waals surface area (Å²) < 4.78 is 72.4. The molecular weight excluding hydrogens is 539 g/mol. The highest BCUT2D eigenvalue weighted by atomic mass is 32.2. The van der Waals surface area contributed by atoms with E-state index in [4.69, 9.17) is 0 Å². The van der Waals surface area contributed by atoms with Crippen molar-refractivity contribution < 1.29 is 27.1 Å². The zero-order chi connectivity index (χ0) is 28.1. The van der Waals surface area contributed by atoms with Gasteiger partial charge in [0.05, 0.1) is 10.9 Å². The van der Waals surface area contributed by atoms with E-state index in [1.807, 2.05) is 36.4 Å². The van der Waals surface area contributed by atoms with Crippen molar-refractivity contribution in [2.75, 3.05) is 31.3 Å². The van der Waals surface area contributed by atoms with Crippen LogP contribution < -0.4 is 4.90 Å². The molecule has 3 heterocycles. The average Bonchev–Trinajstić information content (AvgIpc) is 3.26. The van der Waals surface area contributed by atoms with Crippen molar-refractivity contribution in [3.8, 4) is 17.0 Å². The van der Waals surface area contributed by atoms with Gasteiger partial charge >= 0.3 is 6.18 Å². The highest BCUT2D eigenvalue weighted by molar-refractivity contribution is 7.96. The summed E-state index contributed by atoms with van der Waals surface area (Å²) >= 11 is 1.66. The number of piperidine rings is 1. The minimum absolute atomic E-state index is 0.0578. The second-order valence-corrected chi connectivity index (χ2v) is 10.3. The number of likely N-dealkylation sites (N-methyl/N-ethyl adjacent to an activating group) is 1. The molecule has 13 heteroatoms. The van der Waals surface area contributed by atoms with Crippen molar-refractivity contribution in [2.24, 2.45) is 7.05 Å². The molecule has 39 heavy (non-hydrogen) atoms. The molecule has 2 unspecified atom stereocenters. The minimum atomic E-state index is -5.15. The molecule has 5 rings (SSSR count). The van der Waals surface area contributed by atoms with Gasteiger partial charge in [-0.25, -0.2) is 22.8 Å². The molecule has 0 aliphatic carbocycles. The predicted octanol–water partition coefficient (Wildman–Crippen LogP) is 5.61. The Balaban J connectivity index is 1.51. The summed E-state index contributed by atoms with van der Waals surface area (Å²) in [7, 11) is 3.39. The number of hydrogen-bond acceptors (Lipinski definition) is 7. The number of fused-ring (bicyclic) bond motifs is 1. The van der Waals surface area contributed by atoms with Crippen LogP contribution in [-0.4, -0.2) is 61.6 Å². The van der Waals surface area contributed by atoms with Crippen LogP contribution in [0.15, 0.2) is 42.6 Å². The Morgan fingerprint density at radius 3 is 2.49 bits per heavy atom. The fourth-order valence-corrected chi connectivity index (χ4v) is 5.64. The number of anilines is 1. The highest BCUT2D eigenvalue weighted by Crippen LogP contribution is 2.41. The van der Waals surface area contributed by atoms with Gasteiger partial charge in [0.25, 0.3) is 0 Å². The number of aryl methyl sites for hydroxylation is 1. The number of aromatic nitrogens is 4. The van der Waals surface area contributed by atoms with Gasteiger partial charge in [-0.05, 0) is 30.2 Å². The third-order valence-corrected chi connectivity index (χ3v) is 7.91. The Kier molecular flexibility index (Phi) is 7.14. The molecule has 2 atom stereocenters. The van der Waals surface area contributed by atoms with Gasteiger partial charge in [0, 0.05) is 45.0 Å². The Morgan fingerprint density at radius 1 is 1.10 bits per heavy atom. The van der Waals surface area contributed by atoms with E-state index in [1.165, 1.54) is 23.5 Å².